The number of aromatic nitrogens is 2. The van der Waals surface area contributed by atoms with Crippen molar-refractivity contribution in [1.82, 2.24) is 9.97 Å². The Labute approximate surface area is 177 Å². The quantitative estimate of drug-likeness (QED) is 0.639. The zero-order valence-electron chi connectivity index (χ0n) is 17.7. The van der Waals surface area contributed by atoms with Gasteiger partial charge in [0.25, 0.3) is 0 Å². The Balaban J connectivity index is 1.47. The summed E-state index contributed by atoms with van der Waals surface area (Å²) in [5, 5.41) is 6.71. The molecule has 0 amide bonds. The molecule has 0 radical (unpaired) electrons. The van der Waals surface area contributed by atoms with Crippen LogP contribution >= 0.6 is 0 Å². The SMILES string of the molecule is Cc1cnc(Nc2cccc(N(C)C)c2)nc1Nc1ccc(N2CCOCC2)cc1. The molecule has 1 aliphatic heterocycles. The molecule has 2 aromatic carbocycles. The first kappa shape index (κ1) is 20.0. The van der Waals surface area contributed by atoms with E-state index in [0.29, 0.717) is 5.95 Å². The zero-order chi connectivity index (χ0) is 20.9. The van der Waals surface area contributed by atoms with Crippen molar-refractivity contribution in [3.63, 3.8) is 0 Å². The second kappa shape index (κ2) is 9.00. The van der Waals surface area contributed by atoms with Gasteiger partial charge in [-0.2, -0.15) is 4.98 Å². The van der Waals surface area contributed by atoms with Crippen molar-refractivity contribution < 1.29 is 4.74 Å². The van der Waals surface area contributed by atoms with Crippen molar-refractivity contribution in [2.24, 2.45) is 0 Å². The molecule has 0 unspecified atom stereocenters. The van der Waals surface area contributed by atoms with E-state index in [1.807, 2.05) is 39.3 Å². The van der Waals surface area contributed by atoms with Gasteiger partial charge in [0.05, 0.1) is 13.2 Å². The van der Waals surface area contributed by atoms with Crippen LogP contribution < -0.4 is 20.4 Å². The van der Waals surface area contributed by atoms with Gasteiger partial charge in [-0.15, -0.1) is 0 Å². The normalized spacial score (nSPS) is 13.8. The number of aryl methyl sites for hydroxylation is 1. The summed E-state index contributed by atoms with van der Waals surface area (Å²) >= 11 is 0. The van der Waals surface area contributed by atoms with Crippen molar-refractivity contribution in [3.05, 3.63) is 60.3 Å². The van der Waals surface area contributed by atoms with Gasteiger partial charge in [-0.1, -0.05) is 6.07 Å². The van der Waals surface area contributed by atoms with Crippen LogP contribution in [0.2, 0.25) is 0 Å². The Kier molecular flexibility index (Phi) is 5.99. The van der Waals surface area contributed by atoms with Gasteiger partial charge in [-0.3, -0.25) is 0 Å². The fraction of sp³-hybridized carbons (Fsp3) is 0.304. The van der Waals surface area contributed by atoms with Gasteiger partial charge in [-0.25, -0.2) is 4.98 Å². The zero-order valence-corrected chi connectivity index (χ0v) is 17.7. The predicted molar refractivity (Wildman–Crippen MR) is 124 cm³/mol. The molecule has 2 heterocycles. The van der Waals surface area contributed by atoms with Gasteiger partial charge in [0.1, 0.15) is 5.82 Å². The Morgan fingerprint density at radius 2 is 1.73 bits per heavy atom. The second-order valence-corrected chi connectivity index (χ2v) is 7.57. The number of hydrogen-bond donors (Lipinski definition) is 2. The molecular weight excluding hydrogens is 376 g/mol. The monoisotopic (exact) mass is 404 g/mol. The summed E-state index contributed by atoms with van der Waals surface area (Å²) in [7, 11) is 4.04. The summed E-state index contributed by atoms with van der Waals surface area (Å²) in [6.45, 7) is 5.44. The van der Waals surface area contributed by atoms with Crippen LogP contribution in [0.15, 0.2) is 54.7 Å². The fourth-order valence-corrected chi connectivity index (χ4v) is 3.33. The molecule has 7 nitrogen and oxygen atoms in total. The molecule has 2 N–H and O–H groups in total. The lowest BCUT2D eigenvalue weighted by atomic mass is 10.2. The first-order chi connectivity index (χ1) is 14.6. The van der Waals surface area contributed by atoms with Crippen LogP contribution in [0.3, 0.4) is 0 Å². The molecule has 0 saturated carbocycles. The summed E-state index contributed by atoms with van der Waals surface area (Å²) < 4.78 is 5.43. The molecule has 1 fully saturated rings. The summed E-state index contributed by atoms with van der Waals surface area (Å²) in [5.41, 5.74) is 5.26. The molecule has 1 aliphatic rings. The second-order valence-electron chi connectivity index (χ2n) is 7.57. The fourth-order valence-electron chi connectivity index (χ4n) is 3.33. The maximum absolute atomic E-state index is 5.43. The van der Waals surface area contributed by atoms with E-state index >= 15 is 0 Å². The van der Waals surface area contributed by atoms with Crippen LogP contribution in [0.4, 0.5) is 34.5 Å². The maximum atomic E-state index is 5.43. The minimum absolute atomic E-state index is 0.559. The van der Waals surface area contributed by atoms with Gasteiger partial charge < -0.3 is 25.2 Å². The highest BCUT2D eigenvalue weighted by molar-refractivity contribution is 5.66. The van der Waals surface area contributed by atoms with Crippen LogP contribution in [0, 0.1) is 6.92 Å². The lowest BCUT2D eigenvalue weighted by molar-refractivity contribution is 0.122. The molecule has 0 aliphatic carbocycles. The van der Waals surface area contributed by atoms with E-state index < -0.39 is 0 Å². The van der Waals surface area contributed by atoms with Crippen molar-refractivity contribution in [1.29, 1.82) is 0 Å². The van der Waals surface area contributed by atoms with Crippen LogP contribution in [0.1, 0.15) is 5.56 Å². The largest absolute Gasteiger partial charge is 0.378 e. The molecule has 156 valence electrons. The number of nitrogens with zero attached hydrogens (tertiary/aromatic N) is 4. The number of benzene rings is 2. The number of nitrogens with one attached hydrogen (secondary N) is 2. The Hall–Kier alpha value is -3.32. The lowest BCUT2D eigenvalue weighted by Gasteiger charge is -2.28. The molecule has 30 heavy (non-hydrogen) atoms. The number of anilines is 6. The van der Waals surface area contributed by atoms with Crippen molar-refractivity contribution in [2.45, 2.75) is 6.92 Å². The summed E-state index contributed by atoms with van der Waals surface area (Å²) in [6.07, 6.45) is 1.83. The van der Waals surface area contributed by atoms with Gasteiger partial charge in [0, 0.05) is 61.7 Å². The number of morpholine rings is 1. The number of ether oxygens (including phenoxy) is 1. The van der Waals surface area contributed by atoms with E-state index in [1.54, 1.807) is 0 Å². The minimum atomic E-state index is 0.559. The minimum Gasteiger partial charge on any atom is -0.378 e. The topological polar surface area (TPSA) is 65.6 Å². The predicted octanol–water partition coefficient (Wildman–Crippen LogP) is 4.17. The van der Waals surface area contributed by atoms with Gasteiger partial charge in [0.2, 0.25) is 5.95 Å². The third-order valence-corrected chi connectivity index (χ3v) is 5.10. The Morgan fingerprint density at radius 1 is 0.967 bits per heavy atom. The van der Waals surface area contributed by atoms with Crippen LogP contribution in [-0.2, 0) is 4.74 Å². The van der Waals surface area contributed by atoms with Crippen LogP contribution in [-0.4, -0.2) is 50.4 Å². The van der Waals surface area contributed by atoms with Crippen LogP contribution in [0.25, 0.3) is 0 Å². The molecule has 0 bridgehead atoms. The average Bonchev–Trinajstić information content (AvgIpc) is 2.77. The molecular formula is C23H28N6O. The Morgan fingerprint density at radius 3 is 2.47 bits per heavy atom. The van der Waals surface area contributed by atoms with E-state index in [2.05, 4.69) is 66.8 Å². The average molecular weight is 405 g/mol. The Bertz CT molecular complexity index is 983. The molecule has 7 heteroatoms. The first-order valence-corrected chi connectivity index (χ1v) is 10.2. The molecule has 1 saturated heterocycles. The third kappa shape index (κ3) is 4.80. The van der Waals surface area contributed by atoms with Crippen LogP contribution in [0.5, 0.6) is 0 Å². The summed E-state index contributed by atoms with van der Waals surface area (Å²) in [5.74, 6) is 1.35. The molecule has 0 spiro atoms. The number of hydrogen-bond acceptors (Lipinski definition) is 7. The lowest BCUT2D eigenvalue weighted by Crippen LogP contribution is -2.36. The number of rotatable bonds is 6. The van der Waals surface area contributed by atoms with Crippen molar-refractivity contribution >= 4 is 34.5 Å². The van der Waals surface area contributed by atoms with Gasteiger partial charge in [0.15, 0.2) is 0 Å². The maximum Gasteiger partial charge on any atom is 0.229 e. The van der Waals surface area contributed by atoms with E-state index in [4.69, 9.17) is 4.74 Å². The van der Waals surface area contributed by atoms with E-state index in [1.165, 1.54) is 5.69 Å². The summed E-state index contributed by atoms with van der Waals surface area (Å²) in [4.78, 5) is 13.5. The third-order valence-electron chi connectivity index (χ3n) is 5.10. The highest BCUT2D eigenvalue weighted by Crippen LogP contribution is 2.25. The van der Waals surface area contributed by atoms with E-state index in [9.17, 15) is 0 Å². The standard InChI is InChI=1S/C23H28N6O/c1-17-16-24-23(26-19-5-4-6-21(15-19)28(2)3)27-22(17)25-18-7-9-20(10-8-18)29-11-13-30-14-12-29/h4-10,15-16H,11-14H2,1-3H3,(H2,24,25,26,27). The highest BCUT2D eigenvalue weighted by Gasteiger charge is 2.11. The van der Waals surface area contributed by atoms with Crippen molar-refractivity contribution in [2.75, 3.05) is 60.8 Å². The smallest absolute Gasteiger partial charge is 0.229 e. The van der Waals surface area contributed by atoms with E-state index in [0.717, 1.165) is 54.7 Å². The molecule has 3 aromatic rings. The first-order valence-electron chi connectivity index (χ1n) is 10.2. The molecule has 4 rings (SSSR count). The van der Waals surface area contributed by atoms with Crippen molar-refractivity contribution in [3.8, 4) is 0 Å². The summed E-state index contributed by atoms with van der Waals surface area (Å²) in [6, 6.07) is 16.6. The van der Waals surface area contributed by atoms with E-state index in [-0.39, 0.29) is 0 Å². The van der Waals surface area contributed by atoms with Gasteiger partial charge in [-0.05, 0) is 49.4 Å². The van der Waals surface area contributed by atoms with Gasteiger partial charge >= 0.3 is 0 Å². The molecule has 1 aromatic heterocycles. The molecule has 0 atom stereocenters. The highest BCUT2D eigenvalue weighted by atomic mass is 16.5.